The average Bonchev–Trinajstić information content (AvgIpc) is 0.928. The fourth-order valence-electron chi connectivity index (χ4n) is 11.5. The molecule has 0 aliphatic carbocycles. The topological polar surface area (TPSA) is 26.3 Å². The van der Waals surface area contributed by atoms with E-state index in [1.54, 1.807) is 36.4 Å². The van der Waals surface area contributed by atoms with Gasteiger partial charge in [-0.25, -0.2) is 0 Å². The zero-order valence-corrected chi connectivity index (χ0v) is 43.8. The van der Waals surface area contributed by atoms with Crippen molar-refractivity contribution >= 4 is 87.0 Å². The number of hydrogen-bond acceptors (Lipinski definition) is 2. The van der Waals surface area contributed by atoms with Crippen LogP contribution >= 0.6 is 0 Å². The van der Waals surface area contributed by atoms with E-state index in [9.17, 15) is 11.0 Å². The van der Waals surface area contributed by atoms with Gasteiger partial charge in [-0.3, -0.25) is 0 Å². The molecule has 0 saturated heterocycles. The minimum atomic E-state index is -0.716. The standard InChI is InChI=1S/C44H28O.C38H24O/c1-3-11-29(12-4-1)30-19-21-31(22-20-30)33-23-25-35-40-27-34(24-26-41(40)45-42(35)28-33)44-38-17-9-7-15-36(38)43(32-13-5-2-6-14-32)37-16-8-10-18-39(37)44;1-3-12-25(13-4-1)27-22-23-34-33(24-27)38-32(20-11-21-35(38)39-34)37-30-18-9-7-16-28(30)36(26-14-5-2-6-15-26)29-17-8-10-19-31(29)37/h1-28H;1-24H/i2D,5D,6D,7D,8D,9D,10D,13D,14D,15D,16D,17D,18D;2D,5D,6D,7D,8D,9D,10D,14D,15D,16D,17D,18D,19D. The smallest absolute Gasteiger partial charge is 0.136 e. The van der Waals surface area contributed by atoms with E-state index < -0.39 is 168 Å². The van der Waals surface area contributed by atoms with Crippen molar-refractivity contribution in [1.29, 1.82) is 0 Å². The molecule has 17 aromatic rings. The summed E-state index contributed by atoms with van der Waals surface area (Å²) < 4.78 is 241. The highest BCUT2D eigenvalue weighted by Gasteiger charge is 2.22. The number of benzene rings is 15. The SMILES string of the molecule is [2H]c1c([2H])c([2H])c(-c2c3c([2H])c([2H])c([2H])c([2H])c3c(-c3ccc4oc5cc(-c6ccc(-c7ccccc7)cc6)ccc5c4c3)c3c([2H])c([2H])c([2H])c([2H])c23)c([2H])c1[2H].[2H]c1c([2H])c([2H])c(-c2c3c([2H])c([2H])c([2H])c([2H])c3c(-c3cccc4oc5ccc(-c6ccccc6)cc5c34)c3c([2H])c([2H])c([2H])c([2H])c23)c([2H])c1[2H]. The van der Waals surface area contributed by atoms with Gasteiger partial charge < -0.3 is 8.83 Å². The summed E-state index contributed by atoms with van der Waals surface area (Å²) in [4.78, 5) is 0. The first-order valence-electron chi connectivity index (χ1n) is 39.7. The van der Waals surface area contributed by atoms with Crippen LogP contribution in [0.3, 0.4) is 0 Å². The molecule has 2 heterocycles. The Hall–Kier alpha value is -11.1. The molecule has 2 aromatic heterocycles. The van der Waals surface area contributed by atoms with E-state index in [4.69, 9.17) is 33.5 Å². The fourth-order valence-corrected chi connectivity index (χ4v) is 11.5. The summed E-state index contributed by atoms with van der Waals surface area (Å²) >= 11 is 0. The molecule has 0 bridgehead atoms. The molecule has 392 valence electrons. The number of rotatable bonds is 7. The van der Waals surface area contributed by atoms with Crippen molar-refractivity contribution in [1.82, 2.24) is 0 Å². The van der Waals surface area contributed by atoms with E-state index in [1.165, 1.54) is 0 Å². The van der Waals surface area contributed by atoms with Crippen molar-refractivity contribution < 1.29 is 44.5 Å². The second-order valence-electron chi connectivity index (χ2n) is 19.8. The van der Waals surface area contributed by atoms with Crippen LogP contribution in [0.2, 0.25) is 0 Å². The van der Waals surface area contributed by atoms with Crippen LogP contribution in [0.4, 0.5) is 0 Å². The van der Waals surface area contributed by atoms with Crippen LogP contribution in [0.1, 0.15) is 35.6 Å². The maximum Gasteiger partial charge on any atom is 0.136 e. The van der Waals surface area contributed by atoms with E-state index >= 15 is 0 Å². The van der Waals surface area contributed by atoms with Crippen molar-refractivity contribution in [2.24, 2.45) is 0 Å². The van der Waals surface area contributed by atoms with Gasteiger partial charge >= 0.3 is 0 Å². The molecular weight excluding hydrogens is 1020 g/mol. The molecule has 0 radical (unpaired) electrons. The first kappa shape index (κ1) is 29.1. The summed E-state index contributed by atoms with van der Waals surface area (Å²) in [7, 11) is 0. The highest BCUT2D eigenvalue weighted by atomic mass is 16.3. The van der Waals surface area contributed by atoms with Crippen LogP contribution in [0.15, 0.2) is 324 Å². The summed E-state index contributed by atoms with van der Waals surface area (Å²) in [5.41, 5.74) is 7.13. The quantitative estimate of drug-likeness (QED) is 0.149. The lowest BCUT2D eigenvalue weighted by molar-refractivity contribution is 0.668. The summed E-state index contributed by atoms with van der Waals surface area (Å²) in [6.45, 7) is 0. The Morgan fingerprint density at radius 2 is 0.571 bits per heavy atom. The monoisotopic (exact) mass is 1090 g/mol. The van der Waals surface area contributed by atoms with Crippen LogP contribution in [0.25, 0.3) is 165 Å². The molecule has 15 aromatic carbocycles. The molecular formula is C82H52O2. The minimum Gasteiger partial charge on any atom is -0.456 e. The van der Waals surface area contributed by atoms with Crippen molar-refractivity contribution in [2.45, 2.75) is 0 Å². The zero-order valence-electron chi connectivity index (χ0n) is 69.8. The second kappa shape index (κ2) is 20.5. The summed E-state index contributed by atoms with van der Waals surface area (Å²) in [5.74, 6) is 0. The maximum absolute atomic E-state index is 9.27. The number of furan rings is 2. The van der Waals surface area contributed by atoms with Crippen molar-refractivity contribution in [3.8, 4) is 77.9 Å². The predicted molar refractivity (Wildman–Crippen MR) is 356 cm³/mol. The van der Waals surface area contributed by atoms with E-state index in [0.29, 0.717) is 49.6 Å². The lowest BCUT2D eigenvalue weighted by atomic mass is 9.85. The van der Waals surface area contributed by atoms with Gasteiger partial charge in [0.15, 0.2) is 0 Å². The lowest BCUT2D eigenvalue weighted by Gasteiger charge is -2.18. The van der Waals surface area contributed by atoms with Crippen molar-refractivity contribution in [2.75, 3.05) is 0 Å². The number of fused-ring (bicyclic) bond motifs is 10. The molecule has 0 unspecified atom stereocenters. The Balaban J connectivity index is 0.000000168. The van der Waals surface area contributed by atoms with Crippen molar-refractivity contribution in [3.05, 3.63) is 315 Å². The molecule has 0 saturated carbocycles. The van der Waals surface area contributed by atoms with Crippen LogP contribution in [0, 0.1) is 0 Å². The largest absolute Gasteiger partial charge is 0.456 e. The van der Waals surface area contributed by atoms with E-state index in [0.717, 1.165) is 38.8 Å². The third-order valence-corrected chi connectivity index (χ3v) is 15.2. The average molecular weight is 1100 g/mol. The molecule has 0 aliphatic heterocycles. The third-order valence-electron chi connectivity index (χ3n) is 15.2. The lowest BCUT2D eigenvalue weighted by Crippen LogP contribution is -1.91. The molecule has 0 fully saturated rings. The highest BCUT2D eigenvalue weighted by molar-refractivity contribution is 6.26. The van der Waals surface area contributed by atoms with E-state index in [1.807, 2.05) is 97.1 Å². The fraction of sp³-hybridized carbons (Fsp3) is 0. The van der Waals surface area contributed by atoms with Gasteiger partial charge in [-0.15, -0.1) is 0 Å². The Morgan fingerprint density at radius 3 is 1.10 bits per heavy atom. The minimum absolute atomic E-state index is 0.0542. The third kappa shape index (κ3) is 8.34. The van der Waals surface area contributed by atoms with Gasteiger partial charge in [0.1, 0.15) is 22.3 Å². The van der Waals surface area contributed by atoms with E-state index in [2.05, 4.69) is 24.3 Å². The molecule has 84 heavy (non-hydrogen) atoms. The van der Waals surface area contributed by atoms with Gasteiger partial charge in [0.2, 0.25) is 0 Å². The van der Waals surface area contributed by atoms with Gasteiger partial charge in [-0.2, -0.15) is 0 Å². The van der Waals surface area contributed by atoms with E-state index in [-0.39, 0.29) is 65.3 Å². The first-order chi connectivity index (χ1) is 52.5. The molecule has 0 N–H and O–H groups in total. The Labute approximate surface area is 522 Å². The van der Waals surface area contributed by atoms with Gasteiger partial charge in [0.05, 0.1) is 35.6 Å². The Bertz CT molecular complexity index is 6740. The van der Waals surface area contributed by atoms with Gasteiger partial charge in [0, 0.05) is 21.5 Å². The summed E-state index contributed by atoms with van der Waals surface area (Å²) in [5, 5.41) is 0.937. The second-order valence-corrected chi connectivity index (χ2v) is 19.8. The first-order valence-corrected chi connectivity index (χ1v) is 26.7. The summed E-state index contributed by atoms with van der Waals surface area (Å²) in [6.07, 6.45) is 0. The zero-order chi connectivity index (χ0) is 78.1. The van der Waals surface area contributed by atoms with Gasteiger partial charge in [-0.05, 0) is 163 Å². The molecule has 2 heteroatoms. The molecule has 17 rings (SSSR count). The molecule has 0 atom stereocenters. The molecule has 2 nitrogen and oxygen atoms in total. The normalized spacial score (nSPS) is 15.9. The molecule has 0 aliphatic rings. The predicted octanol–water partition coefficient (Wildman–Crippen LogP) is 23.5. The Kier molecular flexibility index (Phi) is 7.09. The van der Waals surface area contributed by atoms with Crippen LogP contribution in [-0.2, 0) is 0 Å². The van der Waals surface area contributed by atoms with Crippen LogP contribution in [0.5, 0.6) is 0 Å². The molecule has 0 amide bonds. The Morgan fingerprint density at radius 1 is 0.202 bits per heavy atom. The highest BCUT2D eigenvalue weighted by Crippen LogP contribution is 2.49. The van der Waals surface area contributed by atoms with Gasteiger partial charge in [0.25, 0.3) is 0 Å². The van der Waals surface area contributed by atoms with Gasteiger partial charge in [-0.1, -0.05) is 272 Å². The maximum atomic E-state index is 9.27. The number of hydrogen-bond donors (Lipinski definition) is 0. The van der Waals surface area contributed by atoms with Crippen molar-refractivity contribution in [3.63, 3.8) is 0 Å². The molecule has 0 spiro atoms. The van der Waals surface area contributed by atoms with Crippen LogP contribution < -0.4 is 0 Å². The van der Waals surface area contributed by atoms with Crippen LogP contribution in [-0.4, -0.2) is 0 Å². The summed E-state index contributed by atoms with van der Waals surface area (Å²) in [6, 6.07) is 32.8.